The first-order valence-corrected chi connectivity index (χ1v) is 3.44. The van der Waals surface area contributed by atoms with E-state index in [-0.39, 0.29) is 10.5 Å². The highest BCUT2D eigenvalue weighted by Gasteiger charge is 2.14. The standard InChI is InChI=1S/C5H7NOS/c1-2-4-6-3-5(7)8-4/h3-4H,2H2,1H3. The zero-order valence-electron chi connectivity index (χ0n) is 4.63. The maximum Gasteiger partial charge on any atom is 0.232 e. The summed E-state index contributed by atoms with van der Waals surface area (Å²) in [6, 6.07) is 0. The first-order chi connectivity index (χ1) is 3.83. The van der Waals surface area contributed by atoms with Crippen LogP contribution in [0.5, 0.6) is 0 Å². The van der Waals surface area contributed by atoms with Crippen molar-refractivity contribution in [2.45, 2.75) is 18.7 Å². The SMILES string of the molecule is CCC1N=CC(=O)S1. The number of nitrogens with zero attached hydrogens (tertiary/aromatic N) is 1. The van der Waals surface area contributed by atoms with Crippen LogP contribution in [0.15, 0.2) is 4.99 Å². The number of carbonyl (C=O) groups is 1. The molecule has 2 nitrogen and oxygen atoms in total. The smallest absolute Gasteiger partial charge is 0.232 e. The molecule has 0 saturated carbocycles. The molecule has 8 heavy (non-hydrogen) atoms. The molecule has 0 aromatic carbocycles. The van der Waals surface area contributed by atoms with Gasteiger partial charge in [0, 0.05) is 0 Å². The van der Waals surface area contributed by atoms with Gasteiger partial charge in [-0.05, 0) is 6.42 Å². The van der Waals surface area contributed by atoms with Crippen LogP contribution in [0, 0.1) is 0 Å². The fourth-order valence-electron chi connectivity index (χ4n) is 0.528. The molecular weight excluding hydrogens is 122 g/mol. The zero-order valence-corrected chi connectivity index (χ0v) is 5.44. The average molecular weight is 129 g/mol. The highest BCUT2D eigenvalue weighted by molar-refractivity contribution is 8.16. The van der Waals surface area contributed by atoms with Crippen LogP contribution in [0.2, 0.25) is 0 Å². The summed E-state index contributed by atoms with van der Waals surface area (Å²) < 4.78 is 0. The molecule has 0 saturated heterocycles. The summed E-state index contributed by atoms with van der Waals surface area (Å²) >= 11 is 1.30. The molecule has 1 heterocycles. The lowest BCUT2D eigenvalue weighted by Gasteiger charge is -1.95. The van der Waals surface area contributed by atoms with E-state index in [0.29, 0.717) is 0 Å². The maximum atomic E-state index is 10.4. The summed E-state index contributed by atoms with van der Waals surface area (Å²) in [6.45, 7) is 2.02. The van der Waals surface area contributed by atoms with Gasteiger partial charge in [0.2, 0.25) is 5.12 Å². The lowest BCUT2D eigenvalue weighted by molar-refractivity contribution is -0.105. The minimum Gasteiger partial charge on any atom is -0.280 e. The monoisotopic (exact) mass is 129 g/mol. The number of hydrogen-bond donors (Lipinski definition) is 0. The molecule has 1 rings (SSSR count). The Bertz CT molecular complexity index is 132. The second-order valence-corrected chi connectivity index (χ2v) is 2.76. The Hall–Kier alpha value is -0.310. The highest BCUT2D eigenvalue weighted by atomic mass is 32.2. The predicted molar refractivity (Wildman–Crippen MR) is 35.2 cm³/mol. The molecule has 44 valence electrons. The van der Waals surface area contributed by atoms with Gasteiger partial charge in [-0.3, -0.25) is 9.79 Å². The third-order valence-electron chi connectivity index (χ3n) is 0.948. The van der Waals surface area contributed by atoms with Gasteiger partial charge in [0.25, 0.3) is 0 Å². The molecule has 0 radical (unpaired) electrons. The van der Waals surface area contributed by atoms with Crippen molar-refractivity contribution in [2.75, 3.05) is 0 Å². The van der Waals surface area contributed by atoms with Crippen LogP contribution in [0.4, 0.5) is 0 Å². The molecule has 0 amide bonds. The number of rotatable bonds is 1. The molecule has 0 aliphatic carbocycles. The lowest BCUT2D eigenvalue weighted by Crippen LogP contribution is -1.90. The van der Waals surface area contributed by atoms with E-state index in [2.05, 4.69) is 4.99 Å². The van der Waals surface area contributed by atoms with Crippen molar-refractivity contribution < 1.29 is 4.79 Å². The van der Waals surface area contributed by atoms with E-state index < -0.39 is 0 Å². The molecule has 1 aliphatic heterocycles. The van der Waals surface area contributed by atoms with E-state index in [1.165, 1.54) is 18.0 Å². The van der Waals surface area contributed by atoms with Gasteiger partial charge in [0.15, 0.2) is 0 Å². The average Bonchev–Trinajstić information content (AvgIpc) is 2.14. The second kappa shape index (κ2) is 2.31. The minimum absolute atomic E-state index is 0.0943. The predicted octanol–water partition coefficient (Wildman–Crippen LogP) is 1.07. The Morgan fingerprint density at radius 3 is 3.00 bits per heavy atom. The molecule has 0 N–H and O–H groups in total. The van der Waals surface area contributed by atoms with Gasteiger partial charge >= 0.3 is 0 Å². The Labute approximate surface area is 52.4 Å². The molecule has 0 fully saturated rings. The van der Waals surface area contributed by atoms with Crippen molar-refractivity contribution >= 4 is 23.1 Å². The van der Waals surface area contributed by atoms with Gasteiger partial charge in [-0.1, -0.05) is 18.7 Å². The van der Waals surface area contributed by atoms with Crippen molar-refractivity contribution in [3.05, 3.63) is 0 Å². The third-order valence-corrected chi connectivity index (χ3v) is 2.01. The summed E-state index contributed by atoms with van der Waals surface area (Å²) in [4.78, 5) is 14.3. The van der Waals surface area contributed by atoms with E-state index in [0.717, 1.165) is 6.42 Å². The Morgan fingerprint density at radius 2 is 2.75 bits per heavy atom. The molecule has 0 aromatic heterocycles. The van der Waals surface area contributed by atoms with Gasteiger partial charge in [-0.25, -0.2) is 0 Å². The van der Waals surface area contributed by atoms with Crippen LogP contribution in [-0.4, -0.2) is 16.7 Å². The van der Waals surface area contributed by atoms with Crippen LogP contribution < -0.4 is 0 Å². The summed E-state index contributed by atoms with van der Waals surface area (Å²) in [5, 5.41) is 0.305. The second-order valence-electron chi connectivity index (χ2n) is 1.58. The van der Waals surface area contributed by atoms with Crippen LogP contribution in [0.3, 0.4) is 0 Å². The maximum absolute atomic E-state index is 10.4. The quantitative estimate of drug-likeness (QED) is 0.530. The van der Waals surface area contributed by atoms with Crippen molar-refractivity contribution in [2.24, 2.45) is 4.99 Å². The molecule has 0 spiro atoms. The summed E-state index contributed by atoms with van der Waals surface area (Å²) in [5.74, 6) is 0. The van der Waals surface area contributed by atoms with E-state index in [1.807, 2.05) is 6.92 Å². The zero-order chi connectivity index (χ0) is 5.98. The van der Waals surface area contributed by atoms with E-state index in [9.17, 15) is 4.79 Å². The molecule has 1 unspecified atom stereocenters. The van der Waals surface area contributed by atoms with E-state index in [1.54, 1.807) is 0 Å². The normalized spacial score (nSPS) is 27.1. The van der Waals surface area contributed by atoms with Crippen molar-refractivity contribution in [3.8, 4) is 0 Å². The van der Waals surface area contributed by atoms with Crippen LogP contribution in [0.1, 0.15) is 13.3 Å². The number of aliphatic imine (C=N–C) groups is 1. The third kappa shape index (κ3) is 1.10. The Morgan fingerprint density at radius 1 is 2.00 bits per heavy atom. The van der Waals surface area contributed by atoms with Crippen molar-refractivity contribution in [1.82, 2.24) is 0 Å². The van der Waals surface area contributed by atoms with E-state index in [4.69, 9.17) is 0 Å². The molecule has 0 aromatic rings. The highest BCUT2D eigenvalue weighted by Crippen LogP contribution is 2.20. The topological polar surface area (TPSA) is 29.4 Å². The first kappa shape index (κ1) is 5.82. The van der Waals surface area contributed by atoms with Crippen LogP contribution >= 0.6 is 11.8 Å². The molecule has 1 atom stereocenters. The van der Waals surface area contributed by atoms with Crippen LogP contribution in [0.25, 0.3) is 0 Å². The van der Waals surface area contributed by atoms with Gasteiger partial charge in [0.1, 0.15) is 5.37 Å². The molecular formula is C5H7NOS. The van der Waals surface area contributed by atoms with Crippen LogP contribution in [-0.2, 0) is 4.79 Å². The molecule has 0 bridgehead atoms. The summed E-state index contributed by atoms with van der Waals surface area (Å²) in [7, 11) is 0. The number of hydrogen-bond acceptors (Lipinski definition) is 3. The van der Waals surface area contributed by atoms with Gasteiger partial charge in [0.05, 0.1) is 6.21 Å². The Kier molecular flexibility index (Phi) is 1.68. The molecule has 3 heteroatoms. The van der Waals surface area contributed by atoms with Gasteiger partial charge in [-0.15, -0.1) is 0 Å². The van der Waals surface area contributed by atoms with Gasteiger partial charge < -0.3 is 0 Å². The lowest BCUT2D eigenvalue weighted by atomic mass is 10.5. The Balaban J connectivity index is 2.46. The fraction of sp³-hybridized carbons (Fsp3) is 0.600. The minimum atomic E-state index is 0.0943. The van der Waals surface area contributed by atoms with E-state index >= 15 is 0 Å². The largest absolute Gasteiger partial charge is 0.280 e. The molecule has 1 aliphatic rings. The van der Waals surface area contributed by atoms with Crippen molar-refractivity contribution in [3.63, 3.8) is 0 Å². The fourth-order valence-corrected chi connectivity index (χ4v) is 1.21. The number of thioether (sulfide) groups is 1. The van der Waals surface area contributed by atoms with Crippen molar-refractivity contribution in [1.29, 1.82) is 0 Å². The first-order valence-electron chi connectivity index (χ1n) is 2.56. The summed E-state index contributed by atoms with van der Waals surface area (Å²) in [6.07, 6.45) is 2.35. The van der Waals surface area contributed by atoms with Gasteiger partial charge in [-0.2, -0.15) is 0 Å². The number of carbonyl (C=O) groups excluding carboxylic acids is 1. The summed E-state index contributed by atoms with van der Waals surface area (Å²) in [5.41, 5.74) is 0.